The van der Waals surface area contributed by atoms with Crippen molar-refractivity contribution in [1.29, 1.82) is 0 Å². The molecule has 1 aliphatic rings. The molecule has 1 saturated heterocycles. The molecule has 5 heteroatoms. The van der Waals surface area contributed by atoms with Crippen molar-refractivity contribution in [3.05, 3.63) is 33.8 Å². The van der Waals surface area contributed by atoms with Gasteiger partial charge in [0.1, 0.15) is 0 Å². The van der Waals surface area contributed by atoms with E-state index in [9.17, 15) is 9.59 Å². The van der Waals surface area contributed by atoms with Gasteiger partial charge in [-0.25, -0.2) is 0 Å². The highest BCUT2D eigenvalue weighted by atomic mass is 79.9. The van der Waals surface area contributed by atoms with Gasteiger partial charge in [-0.05, 0) is 43.5 Å². The highest BCUT2D eigenvalue weighted by Crippen LogP contribution is 2.17. The van der Waals surface area contributed by atoms with Gasteiger partial charge in [0.25, 0.3) is 5.91 Å². The Hall–Kier alpha value is -1.36. The first-order valence-corrected chi connectivity index (χ1v) is 7.69. The summed E-state index contributed by atoms with van der Waals surface area (Å²) in [4.78, 5) is 25.3. The molecule has 0 radical (unpaired) electrons. The van der Waals surface area contributed by atoms with Crippen molar-refractivity contribution in [1.82, 2.24) is 10.2 Å². The van der Waals surface area contributed by atoms with E-state index in [2.05, 4.69) is 21.2 Å². The first kappa shape index (κ1) is 15.0. The summed E-state index contributed by atoms with van der Waals surface area (Å²) in [6.07, 6.45) is 2.43. The lowest BCUT2D eigenvalue weighted by Crippen LogP contribution is -2.30. The van der Waals surface area contributed by atoms with Crippen LogP contribution in [0.15, 0.2) is 22.7 Å². The molecule has 20 heavy (non-hydrogen) atoms. The molecular formula is C15H19BrN2O2. The van der Waals surface area contributed by atoms with Gasteiger partial charge in [0.05, 0.1) is 0 Å². The van der Waals surface area contributed by atoms with Crippen LogP contribution in [0.1, 0.15) is 35.2 Å². The van der Waals surface area contributed by atoms with E-state index in [1.165, 1.54) is 0 Å². The SMILES string of the molecule is Cc1cc(C(=O)NCCCN2CCCC2=O)ccc1Br. The average Bonchev–Trinajstić information content (AvgIpc) is 2.83. The van der Waals surface area contributed by atoms with Gasteiger partial charge in [0.15, 0.2) is 0 Å². The zero-order valence-electron chi connectivity index (χ0n) is 11.6. The number of likely N-dealkylation sites (tertiary alicyclic amines) is 1. The molecule has 1 heterocycles. The fourth-order valence-electron chi connectivity index (χ4n) is 2.30. The lowest BCUT2D eigenvalue weighted by molar-refractivity contribution is -0.127. The number of rotatable bonds is 5. The molecule has 1 N–H and O–H groups in total. The van der Waals surface area contributed by atoms with Gasteiger partial charge >= 0.3 is 0 Å². The van der Waals surface area contributed by atoms with Crippen molar-refractivity contribution in [2.45, 2.75) is 26.2 Å². The van der Waals surface area contributed by atoms with Crippen LogP contribution < -0.4 is 5.32 Å². The van der Waals surface area contributed by atoms with Crippen LogP contribution >= 0.6 is 15.9 Å². The van der Waals surface area contributed by atoms with Gasteiger partial charge in [-0.3, -0.25) is 9.59 Å². The van der Waals surface area contributed by atoms with Crippen molar-refractivity contribution >= 4 is 27.7 Å². The molecule has 0 aromatic heterocycles. The molecule has 0 atom stereocenters. The Morgan fingerprint density at radius 2 is 2.25 bits per heavy atom. The predicted molar refractivity (Wildman–Crippen MR) is 81.6 cm³/mol. The molecule has 4 nitrogen and oxygen atoms in total. The minimum absolute atomic E-state index is 0.0617. The van der Waals surface area contributed by atoms with E-state index in [1.807, 2.05) is 24.0 Å². The Morgan fingerprint density at radius 3 is 2.90 bits per heavy atom. The van der Waals surface area contributed by atoms with Gasteiger partial charge in [0, 0.05) is 36.1 Å². The van der Waals surface area contributed by atoms with Crippen LogP contribution in [0.5, 0.6) is 0 Å². The zero-order chi connectivity index (χ0) is 14.5. The maximum absolute atomic E-state index is 12.0. The summed E-state index contributed by atoms with van der Waals surface area (Å²) in [5.41, 5.74) is 1.71. The number of hydrogen-bond acceptors (Lipinski definition) is 2. The predicted octanol–water partition coefficient (Wildman–Crippen LogP) is 2.50. The number of benzene rings is 1. The Bertz CT molecular complexity index is 517. The van der Waals surface area contributed by atoms with E-state index in [0.717, 1.165) is 36.0 Å². The minimum atomic E-state index is -0.0617. The first-order valence-electron chi connectivity index (χ1n) is 6.90. The van der Waals surface area contributed by atoms with E-state index in [0.29, 0.717) is 18.5 Å². The van der Waals surface area contributed by atoms with Crippen molar-refractivity contribution < 1.29 is 9.59 Å². The quantitative estimate of drug-likeness (QED) is 0.838. The van der Waals surface area contributed by atoms with Crippen LogP contribution in [0.25, 0.3) is 0 Å². The molecule has 0 spiro atoms. The number of halogens is 1. The topological polar surface area (TPSA) is 49.4 Å². The van der Waals surface area contributed by atoms with Crippen LogP contribution in [0.2, 0.25) is 0 Å². The molecule has 2 rings (SSSR count). The Morgan fingerprint density at radius 1 is 1.45 bits per heavy atom. The fraction of sp³-hybridized carbons (Fsp3) is 0.467. The maximum Gasteiger partial charge on any atom is 0.251 e. The highest BCUT2D eigenvalue weighted by Gasteiger charge is 2.19. The summed E-state index contributed by atoms with van der Waals surface area (Å²) in [5, 5.41) is 2.89. The number of nitrogens with one attached hydrogen (secondary N) is 1. The molecular weight excluding hydrogens is 320 g/mol. The highest BCUT2D eigenvalue weighted by molar-refractivity contribution is 9.10. The fourth-order valence-corrected chi connectivity index (χ4v) is 2.55. The summed E-state index contributed by atoms with van der Waals surface area (Å²) in [6, 6.07) is 5.55. The van der Waals surface area contributed by atoms with Gasteiger partial charge in [-0.2, -0.15) is 0 Å². The summed E-state index contributed by atoms with van der Waals surface area (Å²) in [5.74, 6) is 0.174. The molecule has 1 fully saturated rings. The average molecular weight is 339 g/mol. The maximum atomic E-state index is 12.0. The summed E-state index contributed by atoms with van der Waals surface area (Å²) in [6.45, 7) is 4.15. The second-order valence-corrected chi connectivity index (χ2v) is 5.91. The third-order valence-electron chi connectivity index (χ3n) is 3.48. The Kier molecular flexibility index (Phi) is 5.17. The zero-order valence-corrected chi connectivity index (χ0v) is 13.2. The molecule has 0 saturated carbocycles. The number of carbonyl (C=O) groups excluding carboxylic acids is 2. The smallest absolute Gasteiger partial charge is 0.251 e. The van der Waals surface area contributed by atoms with Crippen LogP contribution in [0.4, 0.5) is 0 Å². The summed E-state index contributed by atoms with van der Waals surface area (Å²) < 4.78 is 1.00. The molecule has 108 valence electrons. The number of aryl methyl sites for hydroxylation is 1. The standard InChI is InChI=1S/C15H19BrN2O2/c1-11-10-12(5-6-13(11)16)15(20)17-7-3-9-18-8-2-4-14(18)19/h5-6,10H,2-4,7-9H2,1H3,(H,17,20). The Balaban J connectivity index is 1.74. The van der Waals surface area contributed by atoms with Gasteiger partial charge < -0.3 is 10.2 Å². The van der Waals surface area contributed by atoms with Crippen molar-refractivity contribution in [2.24, 2.45) is 0 Å². The Labute approximate surface area is 127 Å². The first-order chi connectivity index (χ1) is 9.58. The third kappa shape index (κ3) is 3.82. The van der Waals surface area contributed by atoms with E-state index < -0.39 is 0 Å². The summed E-state index contributed by atoms with van der Waals surface area (Å²) >= 11 is 3.42. The largest absolute Gasteiger partial charge is 0.352 e. The molecule has 1 aliphatic heterocycles. The number of carbonyl (C=O) groups is 2. The lowest BCUT2D eigenvalue weighted by Gasteiger charge is -2.15. The third-order valence-corrected chi connectivity index (χ3v) is 4.37. The minimum Gasteiger partial charge on any atom is -0.352 e. The summed E-state index contributed by atoms with van der Waals surface area (Å²) in [7, 11) is 0. The number of nitrogens with zero attached hydrogens (tertiary/aromatic N) is 1. The normalized spacial score (nSPS) is 14.7. The molecule has 1 aromatic carbocycles. The lowest BCUT2D eigenvalue weighted by atomic mass is 10.1. The number of amides is 2. The molecule has 0 bridgehead atoms. The van der Waals surface area contributed by atoms with Crippen LogP contribution in [-0.2, 0) is 4.79 Å². The van der Waals surface area contributed by atoms with E-state index in [4.69, 9.17) is 0 Å². The van der Waals surface area contributed by atoms with Crippen LogP contribution in [0, 0.1) is 6.92 Å². The van der Waals surface area contributed by atoms with Crippen molar-refractivity contribution in [3.8, 4) is 0 Å². The van der Waals surface area contributed by atoms with E-state index >= 15 is 0 Å². The molecule has 2 amide bonds. The molecule has 1 aromatic rings. The van der Waals surface area contributed by atoms with Crippen molar-refractivity contribution in [2.75, 3.05) is 19.6 Å². The van der Waals surface area contributed by atoms with Gasteiger partial charge in [-0.1, -0.05) is 15.9 Å². The van der Waals surface area contributed by atoms with E-state index in [1.54, 1.807) is 6.07 Å². The van der Waals surface area contributed by atoms with Gasteiger partial charge in [0.2, 0.25) is 5.91 Å². The molecule has 0 aliphatic carbocycles. The number of hydrogen-bond donors (Lipinski definition) is 1. The second kappa shape index (κ2) is 6.88. The second-order valence-electron chi connectivity index (χ2n) is 5.06. The monoisotopic (exact) mass is 338 g/mol. The van der Waals surface area contributed by atoms with Crippen molar-refractivity contribution in [3.63, 3.8) is 0 Å². The van der Waals surface area contributed by atoms with E-state index in [-0.39, 0.29) is 11.8 Å². The van der Waals surface area contributed by atoms with Crippen LogP contribution in [-0.4, -0.2) is 36.3 Å². The van der Waals surface area contributed by atoms with Crippen LogP contribution in [0.3, 0.4) is 0 Å². The molecule has 0 unspecified atom stereocenters. The van der Waals surface area contributed by atoms with Gasteiger partial charge in [-0.15, -0.1) is 0 Å².